The van der Waals surface area contributed by atoms with Crippen molar-refractivity contribution >= 4 is 0 Å². The predicted molar refractivity (Wildman–Crippen MR) is 49.3 cm³/mol. The standard InChI is InChI=1S/C10H13NO2/c1-11(2)6-8-3-4-10-9(5-8)7-12-13-10/h3-5H,6-7H2,1-2H3. The van der Waals surface area contributed by atoms with Gasteiger partial charge in [0.25, 0.3) is 0 Å². The Morgan fingerprint density at radius 3 is 3.00 bits per heavy atom. The van der Waals surface area contributed by atoms with Gasteiger partial charge in [-0.05, 0) is 31.8 Å². The topological polar surface area (TPSA) is 21.7 Å². The van der Waals surface area contributed by atoms with Gasteiger partial charge in [0.05, 0.1) is 0 Å². The second-order valence-corrected chi connectivity index (χ2v) is 3.53. The molecule has 1 aliphatic rings. The molecule has 70 valence electrons. The Bertz CT molecular complexity index is 310. The van der Waals surface area contributed by atoms with Gasteiger partial charge < -0.3 is 9.79 Å². The minimum absolute atomic E-state index is 0.566. The molecule has 0 saturated heterocycles. The summed E-state index contributed by atoms with van der Waals surface area (Å²) >= 11 is 0. The van der Waals surface area contributed by atoms with Gasteiger partial charge in [0.15, 0.2) is 5.75 Å². The zero-order valence-corrected chi connectivity index (χ0v) is 7.91. The molecule has 13 heavy (non-hydrogen) atoms. The van der Waals surface area contributed by atoms with Crippen molar-refractivity contribution in [3.8, 4) is 5.75 Å². The van der Waals surface area contributed by atoms with Gasteiger partial charge in [-0.25, -0.2) is 0 Å². The van der Waals surface area contributed by atoms with Crippen LogP contribution in [-0.4, -0.2) is 19.0 Å². The fourth-order valence-corrected chi connectivity index (χ4v) is 1.45. The number of fused-ring (bicyclic) bond motifs is 1. The van der Waals surface area contributed by atoms with Crippen LogP contribution in [0.5, 0.6) is 5.75 Å². The van der Waals surface area contributed by atoms with Crippen LogP contribution in [0, 0.1) is 0 Å². The molecule has 0 radical (unpaired) electrons. The minimum Gasteiger partial charge on any atom is -0.337 e. The highest BCUT2D eigenvalue weighted by Crippen LogP contribution is 2.26. The Hall–Kier alpha value is -1.06. The van der Waals surface area contributed by atoms with Crippen LogP contribution < -0.4 is 4.89 Å². The lowest BCUT2D eigenvalue weighted by Crippen LogP contribution is -2.10. The van der Waals surface area contributed by atoms with Gasteiger partial charge in [-0.1, -0.05) is 6.07 Å². The lowest BCUT2D eigenvalue weighted by Gasteiger charge is -2.09. The van der Waals surface area contributed by atoms with Crippen molar-refractivity contribution < 1.29 is 9.78 Å². The summed E-state index contributed by atoms with van der Waals surface area (Å²) in [4.78, 5) is 11.9. The highest BCUT2D eigenvalue weighted by Gasteiger charge is 2.13. The number of rotatable bonds is 2. The van der Waals surface area contributed by atoms with Gasteiger partial charge in [0.1, 0.15) is 6.61 Å². The summed E-state index contributed by atoms with van der Waals surface area (Å²) < 4.78 is 0. The Kier molecular flexibility index (Phi) is 2.20. The Labute approximate surface area is 77.8 Å². The number of benzene rings is 1. The van der Waals surface area contributed by atoms with Gasteiger partial charge >= 0.3 is 0 Å². The molecule has 1 aromatic rings. The summed E-state index contributed by atoms with van der Waals surface area (Å²) in [5.41, 5.74) is 2.43. The van der Waals surface area contributed by atoms with E-state index in [0.717, 1.165) is 17.9 Å². The first-order valence-corrected chi connectivity index (χ1v) is 4.32. The normalized spacial score (nSPS) is 14.4. The Morgan fingerprint density at radius 1 is 1.38 bits per heavy atom. The summed E-state index contributed by atoms with van der Waals surface area (Å²) in [7, 11) is 4.11. The van der Waals surface area contributed by atoms with E-state index >= 15 is 0 Å². The van der Waals surface area contributed by atoms with E-state index in [9.17, 15) is 0 Å². The first kappa shape index (κ1) is 8.53. The Morgan fingerprint density at radius 2 is 2.23 bits per heavy atom. The molecule has 0 saturated carbocycles. The van der Waals surface area contributed by atoms with E-state index in [1.165, 1.54) is 5.56 Å². The fourth-order valence-electron chi connectivity index (χ4n) is 1.45. The average molecular weight is 179 g/mol. The smallest absolute Gasteiger partial charge is 0.171 e. The predicted octanol–water partition coefficient (Wildman–Crippen LogP) is 1.57. The zero-order valence-electron chi connectivity index (χ0n) is 7.91. The largest absolute Gasteiger partial charge is 0.337 e. The van der Waals surface area contributed by atoms with Crippen LogP contribution in [0.1, 0.15) is 11.1 Å². The lowest BCUT2D eigenvalue weighted by atomic mass is 10.1. The van der Waals surface area contributed by atoms with Crippen LogP contribution in [0.3, 0.4) is 0 Å². The van der Waals surface area contributed by atoms with Crippen molar-refractivity contribution in [1.82, 2.24) is 4.90 Å². The fraction of sp³-hybridized carbons (Fsp3) is 0.400. The molecule has 3 heteroatoms. The first-order chi connectivity index (χ1) is 6.25. The van der Waals surface area contributed by atoms with Gasteiger partial charge in [-0.2, -0.15) is 4.89 Å². The third kappa shape index (κ3) is 1.82. The summed E-state index contributed by atoms with van der Waals surface area (Å²) in [6, 6.07) is 6.15. The van der Waals surface area contributed by atoms with Crippen molar-refractivity contribution in [2.75, 3.05) is 14.1 Å². The van der Waals surface area contributed by atoms with Crippen LogP contribution in [0.25, 0.3) is 0 Å². The first-order valence-electron chi connectivity index (χ1n) is 4.32. The third-order valence-electron chi connectivity index (χ3n) is 1.99. The monoisotopic (exact) mass is 179 g/mol. The van der Waals surface area contributed by atoms with Crippen LogP contribution in [-0.2, 0) is 18.0 Å². The molecule has 1 aromatic carbocycles. The number of nitrogens with zero attached hydrogens (tertiary/aromatic N) is 1. The van der Waals surface area contributed by atoms with Gasteiger partial charge in [0, 0.05) is 12.1 Å². The van der Waals surface area contributed by atoms with Crippen LogP contribution in [0.2, 0.25) is 0 Å². The van der Waals surface area contributed by atoms with Crippen molar-refractivity contribution in [2.24, 2.45) is 0 Å². The summed E-state index contributed by atoms with van der Waals surface area (Å²) in [6.07, 6.45) is 0. The van der Waals surface area contributed by atoms with Crippen LogP contribution in [0.4, 0.5) is 0 Å². The molecule has 2 rings (SSSR count). The van der Waals surface area contributed by atoms with E-state index in [-0.39, 0.29) is 0 Å². The molecule has 0 aromatic heterocycles. The van der Waals surface area contributed by atoms with E-state index in [1.807, 2.05) is 6.07 Å². The third-order valence-corrected chi connectivity index (χ3v) is 1.99. The summed E-state index contributed by atoms with van der Waals surface area (Å²) in [6.45, 7) is 1.52. The molecule has 0 atom stereocenters. The molecule has 0 spiro atoms. The average Bonchev–Trinajstić information content (AvgIpc) is 2.49. The minimum atomic E-state index is 0.566. The molecular weight excluding hydrogens is 166 g/mol. The quantitative estimate of drug-likeness (QED) is 0.643. The summed E-state index contributed by atoms with van der Waals surface area (Å²) in [5.74, 6) is 0.850. The van der Waals surface area contributed by atoms with Crippen LogP contribution >= 0.6 is 0 Å². The second-order valence-electron chi connectivity index (χ2n) is 3.53. The molecular formula is C10H13NO2. The molecule has 1 heterocycles. The Balaban J connectivity index is 2.21. The van der Waals surface area contributed by atoms with Crippen molar-refractivity contribution in [3.05, 3.63) is 29.3 Å². The molecule has 0 fully saturated rings. The summed E-state index contributed by atoms with van der Waals surface area (Å²) in [5, 5.41) is 0. The molecule has 3 nitrogen and oxygen atoms in total. The molecule has 0 aliphatic carbocycles. The van der Waals surface area contributed by atoms with E-state index in [2.05, 4.69) is 31.1 Å². The van der Waals surface area contributed by atoms with E-state index < -0.39 is 0 Å². The molecule has 0 unspecified atom stereocenters. The molecule has 0 bridgehead atoms. The number of hydrogen-bond acceptors (Lipinski definition) is 3. The SMILES string of the molecule is CN(C)Cc1ccc2c(c1)COO2. The highest BCUT2D eigenvalue weighted by molar-refractivity contribution is 5.37. The van der Waals surface area contributed by atoms with Crippen molar-refractivity contribution in [2.45, 2.75) is 13.2 Å². The number of hydrogen-bond donors (Lipinski definition) is 0. The van der Waals surface area contributed by atoms with Crippen molar-refractivity contribution in [1.29, 1.82) is 0 Å². The maximum atomic E-state index is 4.94. The molecule has 0 amide bonds. The maximum absolute atomic E-state index is 4.94. The second kappa shape index (κ2) is 3.36. The van der Waals surface area contributed by atoms with Crippen LogP contribution in [0.15, 0.2) is 18.2 Å². The molecule has 1 aliphatic heterocycles. The zero-order chi connectivity index (χ0) is 9.26. The highest BCUT2D eigenvalue weighted by atomic mass is 17.2. The van der Waals surface area contributed by atoms with E-state index in [0.29, 0.717) is 6.61 Å². The van der Waals surface area contributed by atoms with Gasteiger partial charge in [-0.15, -0.1) is 0 Å². The lowest BCUT2D eigenvalue weighted by molar-refractivity contribution is -0.194. The maximum Gasteiger partial charge on any atom is 0.171 e. The van der Waals surface area contributed by atoms with Crippen molar-refractivity contribution in [3.63, 3.8) is 0 Å². The van der Waals surface area contributed by atoms with E-state index in [1.54, 1.807) is 0 Å². The van der Waals surface area contributed by atoms with E-state index in [4.69, 9.17) is 9.78 Å². The van der Waals surface area contributed by atoms with Gasteiger partial charge in [0.2, 0.25) is 0 Å². The molecule has 0 N–H and O–H groups in total. The van der Waals surface area contributed by atoms with Gasteiger partial charge in [-0.3, -0.25) is 0 Å².